The minimum absolute atomic E-state index is 0.00217. The van der Waals surface area contributed by atoms with Crippen molar-refractivity contribution in [1.29, 1.82) is 0 Å². The van der Waals surface area contributed by atoms with E-state index in [1.54, 1.807) is 0 Å². The predicted molar refractivity (Wildman–Crippen MR) is 576 cm³/mol. The van der Waals surface area contributed by atoms with Gasteiger partial charge in [0.25, 0.3) is 0 Å². The van der Waals surface area contributed by atoms with Crippen LogP contribution in [0.2, 0.25) is 5.02 Å². The molecule has 4 fully saturated rings. The average Bonchev–Trinajstić information content (AvgIpc) is 0.757. The smallest absolute Gasteiger partial charge is 0.186 e. The zero-order chi connectivity index (χ0) is 109. The van der Waals surface area contributed by atoms with Crippen molar-refractivity contribution >= 4 is 11.6 Å². The second-order valence-electron chi connectivity index (χ2n) is 47.7. The third-order valence-electron chi connectivity index (χ3n) is 32.3. The van der Waals surface area contributed by atoms with E-state index >= 15 is 0 Å². The van der Waals surface area contributed by atoms with E-state index in [0.29, 0.717) is 30.7 Å². The Morgan fingerprint density at radius 3 is 0.913 bits per heavy atom. The van der Waals surface area contributed by atoms with Crippen molar-refractivity contribution in [3.8, 4) is 22.6 Å². The van der Waals surface area contributed by atoms with Gasteiger partial charge in [-0.15, -0.1) is 0 Å². The molecule has 0 aromatic heterocycles. The Kier molecular flexibility index (Phi) is 38.8. The lowest BCUT2D eigenvalue weighted by Gasteiger charge is -2.42. The van der Waals surface area contributed by atoms with Gasteiger partial charge in [-0.25, -0.2) is 0 Å². The van der Waals surface area contributed by atoms with Gasteiger partial charge in [0.15, 0.2) is 25.2 Å². The number of phenolic OH excluding ortho intramolecular Hbond substituents is 1. The Bertz CT molecular complexity index is 5810. The number of aromatic hydroxyl groups is 1. The molecule has 28 atom stereocenters. The van der Waals surface area contributed by atoms with Crippen LogP contribution in [0.4, 0.5) is 0 Å². The van der Waals surface area contributed by atoms with Gasteiger partial charge in [-0.3, -0.25) is 0 Å². The monoisotopic (exact) mass is 2090 g/mol. The van der Waals surface area contributed by atoms with E-state index in [1.807, 2.05) is 70.2 Å². The van der Waals surface area contributed by atoms with E-state index in [9.17, 15) is 86.8 Å². The summed E-state index contributed by atoms with van der Waals surface area (Å²) >= 11 is 6.61. The quantitative estimate of drug-likeness (QED) is 0.0283. The fraction of sp³-hybridized carbons (Fsp3) is 0.561. The van der Waals surface area contributed by atoms with Gasteiger partial charge >= 0.3 is 0 Å². The van der Waals surface area contributed by atoms with Gasteiger partial charge in [0.2, 0.25) is 0 Å². The highest BCUT2D eigenvalue weighted by molar-refractivity contribution is 6.31. The molecule has 9 aromatic carbocycles. The molecule has 9 aromatic rings. The first-order chi connectivity index (χ1) is 70.8. The number of phenols is 1. The summed E-state index contributed by atoms with van der Waals surface area (Å²) in [7, 11) is 0. The lowest BCUT2D eigenvalue weighted by atomic mass is 9.66. The van der Waals surface area contributed by atoms with Gasteiger partial charge in [0.1, 0.15) is 84.7 Å². The largest absolute Gasteiger partial charge is 0.508 e. The first-order valence-corrected chi connectivity index (χ1v) is 53.8. The zero-order valence-corrected chi connectivity index (χ0v) is 91.6. The Labute approximate surface area is 890 Å². The predicted octanol–water partition coefficient (Wildman–Crippen LogP) is 14.1. The van der Waals surface area contributed by atoms with Crippen molar-refractivity contribution < 1.29 is 129 Å². The number of fused-ring (bicyclic) bond motifs is 4. The number of halogens is 1. The van der Waals surface area contributed by atoms with Gasteiger partial charge in [-0.2, -0.15) is 0 Å². The Hall–Kier alpha value is -8.09. The number of aryl methyl sites for hydroxylation is 6. The van der Waals surface area contributed by atoms with Crippen molar-refractivity contribution in [3.63, 3.8) is 0 Å². The topological polar surface area (TPSA) is 427 Å². The molecular weight excluding hydrogens is 1930 g/mol. The van der Waals surface area contributed by atoms with E-state index < -0.39 is 98.4 Å². The molecule has 150 heavy (non-hydrogen) atoms. The van der Waals surface area contributed by atoms with Crippen LogP contribution in [0.1, 0.15) is 243 Å². The van der Waals surface area contributed by atoms with Crippen molar-refractivity contribution in [2.24, 2.45) is 47.3 Å². The maximum absolute atomic E-state index is 10.6. The normalized spacial score (nSPS) is 30.0. The number of aliphatic hydroxyl groups excluding tert-OH is 16. The van der Waals surface area contributed by atoms with E-state index in [1.165, 1.54) is 66.8 Å². The molecule has 4 aliphatic carbocycles. The minimum atomic E-state index is -1.37. The summed E-state index contributed by atoms with van der Waals surface area (Å²) in [4.78, 5) is 0. The van der Waals surface area contributed by atoms with Crippen LogP contribution in [-0.4, -0.2) is 271 Å². The summed E-state index contributed by atoms with van der Waals surface area (Å²) in [5.74, 6) is -0.247. The Morgan fingerprint density at radius 1 is 0.307 bits per heavy atom. The maximum atomic E-state index is 10.6. The lowest BCUT2D eigenvalue weighted by Crippen LogP contribution is -2.54. The molecule has 27 heteroatoms. The number of rotatable bonds is 23. The van der Waals surface area contributed by atoms with Crippen LogP contribution in [0, 0.1) is 88.9 Å². The molecule has 0 spiro atoms. The van der Waals surface area contributed by atoms with Crippen LogP contribution in [0.3, 0.4) is 0 Å². The van der Waals surface area contributed by atoms with E-state index in [2.05, 4.69) is 232 Å². The van der Waals surface area contributed by atoms with Crippen LogP contribution in [0.15, 0.2) is 164 Å². The molecular formula is C123H165ClO26. The summed E-state index contributed by atoms with van der Waals surface area (Å²) in [5.41, 5.74) is 27.5. The van der Waals surface area contributed by atoms with Gasteiger partial charge in [0.05, 0.1) is 59.0 Å². The molecule has 0 radical (unpaired) electrons. The molecule has 17 N–H and O–H groups in total. The molecule has 17 rings (SSSR count). The van der Waals surface area contributed by atoms with Crippen molar-refractivity contribution in [2.45, 2.75) is 314 Å². The van der Waals surface area contributed by atoms with E-state index in [0.717, 1.165) is 72.5 Å². The van der Waals surface area contributed by atoms with E-state index in [-0.39, 0.29) is 184 Å². The first kappa shape index (κ1) is 117. The van der Waals surface area contributed by atoms with Crippen LogP contribution >= 0.6 is 11.6 Å². The minimum Gasteiger partial charge on any atom is -0.508 e. The standard InChI is InChI=1S/C34H42O6.C31H44O7.C29H39ClO6.C29H40O7/c1-20-10-11-24(16-28(20)34(2,3)4)30-26-15-22(21-8-6-5-7-9-21)12-13-23(26)14-25(17-35)27(30)18-39-33-32(38)31(37)29(36)19-40-33;1-17(2)38-22-10-9-19-11-21(14-32)24(15-36-30-29(35)28(34)26(33)16-37-30)27(23(19)13-22)20-8-7-18(3)25(12-20)31(4,5)6;1-15-6-7-17(10-22(15)29(3,4)5)25-20-11-23(30)16(2)8-18(20)9-19(12-31)21(25)13-35-28-27(34)26(33)24(32)14-36-28;1-15-6-7-17(10-22(15)29(3,4)5)25-20-8-16(2)23(31)11-18(20)9-19(12-30)21(25)13-35-28-27(34)26(33)24(32)14-36-28/h5-13,15-16,25,27,29-33,35-38H,14,17-19H2,1-4H3;7-10,12-13,17,21,24,26-30,32-35H,11,14-16H2,1-6H3;6-8,10-11,19,21,24-28,31-34H,9,12-14H2,1-5H3;6-8,10-11,19,21,24-28,30-34H,9,12-14H2,1-5H3/t25-,27-,29-,30?,31+,32-,33-;21-,24-,26-,27?,28+,29-,30-;2*19-,21-,24-,25?,26+,27-,28-/m1111/s1. The fourth-order valence-electron chi connectivity index (χ4n) is 24.0. The molecule has 0 saturated carbocycles. The molecule has 4 unspecified atom stereocenters. The highest BCUT2D eigenvalue weighted by Crippen LogP contribution is 2.53. The third-order valence-corrected chi connectivity index (χ3v) is 32.7. The molecule has 4 saturated heterocycles. The second-order valence-corrected chi connectivity index (χ2v) is 48.1. The molecule has 0 amide bonds. The first-order valence-electron chi connectivity index (χ1n) is 53.4. The van der Waals surface area contributed by atoms with Gasteiger partial charge in [-0.05, 0) is 308 Å². The lowest BCUT2D eigenvalue weighted by molar-refractivity contribution is -0.274. The van der Waals surface area contributed by atoms with Gasteiger partial charge < -0.3 is 129 Å². The number of ether oxygens (including phenoxy) is 9. The van der Waals surface area contributed by atoms with Crippen molar-refractivity contribution in [1.82, 2.24) is 0 Å². The van der Waals surface area contributed by atoms with Crippen molar-refractivity contribution in [3.05, 3.63) is 291 Å². The second kappa shape index (κ2) is 49.6. The SMILES string of the molecule is Cc1cc2c(cc1Cl)C(c1ccc(C)c(C(C)(C)C)c1)[C@H](CO[C@@H]1OC[C@@H](O)[C@H](O)[C@H]1O)[C@@H](CO)C2.Cc1cc2c(cc1O)C[C@H](CO)[C@@H](CO[C@@H]1OC[C@@H](O)[C@H](O)[C@H]1O)C2c1ccc(C)c(C(C)(C)C)c1.Cc1ccc(C2c3cc(-c4ccccc4)ccc3C[C@H](CO)[C@H]2CO[C@@H]2OC[C@@H](O)[C@H](O)[C@H]2O)cc1C(C)(C)C.Cc1ccc(C2c3cc(OC(C)C)ccc3C[C@H](CO)[C@H]2CO[C@@H]2OC[C@@H](O)[C@H](O)[C@H]2O)cc1C(C)(C)C. The maximum Gasteiger partial charge on any atom is 0.186 e. The molecule has 4 aliphatic heterocycles. The third kappa shape index (κ3) is 26.7. The van der Waals surface area contributed by atoms with Crippen LogP contribution in [-0.2, 0) is 85.2 Å². The van der Waals surface area contributed by atoms with Crippen LogP contribution in [0.5, 0.6) is 11.5 Å². The summed E-state index contributed by atoms with van der Waals surface area (Å²) in [6, 6.07) is 57.5. The van der Waals surface area contributed by atoms with E-state index in [4.69, 9.17) is 54.2 Å². The Balaban J connectivity index is 0.000000158. The number of aliphatic hydroxyl groups is 16. The molecule has 820 valence electrons. The number of hydrogen-bond donors (Lipinski definition) is 17. The summed E-state index contributed by atoms with van der Waals surface area (Å²) in [6.07, 6.45) is -17.0. The molecule has 0 bridgehead atoms. The van der Waals surface area contributed by atoms with Crippen LogP contribution in [0.25, 0.3) is 11.1 Å². The molecule has 8 aliphatic rings. The van der Waals surface area contributed by atoms with Gasteiger partial charge in [0, 0.05) is 55.1 Å². The van der Waals surface area contributed by atoms with Gasteiger partial charge in [-0.1, -0.05) is 234 Å². The average molecular weight is 2100 g/mol. The van der Waals surface area contributed by atoms with Crippen molar-refractivity contribution in [2.75, 3.05) is 79.3 Å². The Morgan fingerprint density at radius 2 is 0.600 bits per heavy atom. The highest BCUT2D eigenvalue weighted by Gasteiger charge is 2.50. The highest BCUT2D eigenvalue weighted by atomic mass is 35.5. The summed E-state index contributed by atoms with van der Waals surface area (Å²) in [6.45, 7) is 43.1. The molecule has 26 nitrogen and oxygen atoms in total. The molecule has 4 heterocycles. The number of benzene rings is 9. The fourth-order valence-corrected chi connectivity index (χ4v) is 24.2. The zero-order valence-electron chi connectivity index (χ0n) is 90.8. The number of hydrogen-bond acceptors (Lipinski definition) is 26. The summed E-state index contributed by atoms with van der Waals surface area (Å²) in [5, 5.41) is 175. The summed E-state index contributed by atoms with van der Waals surface area (Å²) < 4.78 is 52.4. The van der Waals surface area contributed by atoms with Crippen LogP contribution < -0.4 is 4.74 Å².